The van der Waals surface area contributed by atoms with Crippen molar-refractivity contribution in [2.24, 2.45) is 0 Å². The number of carbonyl (C=O) groups excluding carboxylic acids is 4. The predicted molar refractivity (Wildman–Crippen MR) is 284 cm³/mol. The lowest BCUT2D eigenvalue weighted by atomic mass is 10.2. The number of nitrogens with one attached hydrogen (secondary N) is 2. The average molecular weight is 1050 g/mol. The Labute approximate surface area is 439 Å². The molecule has 0 atom stereocenters. The SMILES string of the molecule is CN(C)CCCCCN(OC(=O)C(=O)ON(CCCCCN(C)C)C(=O)Nc1ccc(-c2nnc(CSCCOc3ccccc3)o2)cc1)C(=O)Nc1ccc(-c2nnc(CSCCOc3ccccc3)o2)cc1. The van der Waals surface area contributed by atoms with Crippen LogP contribution in [0.25, 0.3) is 22.9 Å². The molecule has 0 fully saturated rings. The number of amides is 4. The fourth-order valence-electron chi connectivity index (χ4n) is 6.78. The van der Waals surface area contributed by atoms with Crippen molar-refractivity contribution >= 4 is 58.9 Å². The molecule has 0 radical (unpaired) electrons. The number of urea groups is 2. The molecule has 22 heteroatoms. The van der Waals surface area contributed by atoms with Crippen LogP contribution in [0.3, 0.4) is 0 Å². The number of anilines is 2. The number of unbranched alkanes of at least 4 members (excludes halogenated alkanes) is 4. The summed E-state index contributed by atoms with van der Waals surface area (Å²) in [5.74, 6) is 2.64. The third-order valence-corrected chi connectivity index (χ3v) is 12.4. The quantitative estimate of drug-likeness (QED) is 0.0266. The molecular formula is C52H64N10O10S2. The lowest BCUT2D eigenvalue weighted by Crippen LogP contribution is -2.43. The van der Waals surface area contributed by atoms with Crippen LogP contribution in [-0.4, -0.2) is 143 Å². The highest BCUT2D eigenvalue weighted by Gasteiger charge is 2.30. The molecule has 0 aliphatic heterocycles. The van der Waals surface area contributed by atoms with Crippen LogP contribution >= 0.6 is 23.5 Å². The van der Waals surface area contributed by atoms with Gasteiger partial charge in [0.1, 0.15) is 11.5 Å². The van der Waals surface area contributed by atoms with Gasteiger partial charge in [0, 0.05) is 34.0 Å². The van der Waals surface area contributed by atoms with Crippen molar-refractivity contribution in [2.45, 2.75) is 50.0 Å². The number of para-hydroxylation sites is 2. The number of hydroxylamine groups is 4. The molecule has 0 saturated carbocycles. The van der Waals surface area contributed by atoms with Crippen molar-refractivity contribution in [3.8, 4) is 34.4 Å². The number of aromatic nitrogens is 4. The summed E-state index contributed by atoms with van der Waals surface area (Å²) in [5.41, 5.74) is 1.98. The Hall–Kier alpha value is -7.14. The van der Waals surface area contributed by atoms with Gasteiger partial charge in [-0.2, -0.15) is 10.1 Å². The predicted octanol–water partition coefficient (Wildman–Crippen LogP) is 9.16. The molecule has 6 rings (SSSR count). The van der Waals surface area contributed by atoms with E-state index in [-0.39, 0.29) is 13.1 Å². The Morgan fingerprint density at radius 3 is 1.24 bits per heavy atom. The normalized spacial score (nSPS) is 11.1. The van der Waals surface area contributed by atoms with E-state index in [4.69, 9.17) is 28.0 Å². The first-order valence-corrected chi connectivity index (χ1v) is 26.6. The number of carbonyl (C=O) groups is 4. The van der Waals surface area contributed by atoms with Crippen molar-refractivity contribution < 1.29 is 47.2 Å². The van der Waals surface area contributed by atoms with E-state index in [0.29, 0.717) is 96.5 Å². The van der Waals surface area contributed by atoms with Gasteiger partial charge in [-0.3, -0.25) is 0 Å². The largest absolute Gasteiger partial charge is 0.493 e. The minimum Gasteiger partial charge on any atom is -0.493 e. The molecule has 394 valence electrons. The average Bonchev–Trinajstić information content (AvgIpc) is 4.09. The highest BCUT2D eigenvalue weighted by atomic mass is 32.2. The van der Waals surface area contributed by atoms with E-state index in [2.05, 4.69) is 31.0 Å². The van der Waals surface area contributed by atoms with E-state index >= 15 is 0 Å². The van der Waals surface area contributed by atoms with Crippen LogP contribution in [-0.2, 0) is 30.8 Å². The number of ether oxygens (including phenoxy) is 2. The molecule has 0 unspecified atom stereocenters. The van der Waals surface area contributed by atoms with Crippen LogP contribution in [0.15, 0.2) is 118 Å². The summed E-state index contributed by atoms with van der Waals surface area (Å²) in [7, 11) is 7.85. The van der Waals surface area contributed by atoms with Crippen molar-refractivity contribution in [1.29, 1.82) is 0 Å². The molecule has 2 heterocycles. The molecule has 0 spiro atoms. The van der Waals surface area contributed by atoms with E-state index in [9.17, 15) is 19.2 Å². The first-order valence-electron chi connectivity index (χ1n) is 24.3. The Kier molecular flexibility index (Phi) is 23.4. The first-order chi connectivity index (χ1) is 36.0. The molecule has 2 N–H and O–H groups in total. The molecule has 74 heavy (non-hydrogen) atoms. The topological polar surface area (TPSA) is 220 Å². The lowest BCUT2D eigenvalue weighted by molar-refractivity contribution is -0.203. The summed E-state index contributed by atoms with van der Waals surface area (Å²) < 4.78 is 23.2. The first kappa shape index (κ1) is 56.2. The third kappa shape index (κ3) is 20.0. The Balaban J connectivity index is 1.01. The molecule has 20 nitrogen and oxygen atoms in total. The van der Waals surface area contributed by atoms with Gasteiger partial charge < -0.3 is 48.4 Å². The van der Waals surface area contributed by atoms with Crippen LogP contribution < -0.4 is 20.1 Å². The summed E-state index contributed by atoms with van der Waals surface area (Å²) in [6.45, 7) is 2.65. The van der Waals surface area contributed by atoms with Crippen LogP contribution in [0.1, 0.15) is 50.3 Å². The Bertz CT molecular complexity index is 2430. The van der Waals surface area contributed by atoms with Gasteiger partial charge in [-0.15, -0.1) is 43.9 Å². The van der Waals surface area contributed by atoms with Gasteiger partial charge in [-0.25, -0.2) is 19.2 Å². The highest BCUT2D eigenvalue weighted by Crippen LogP contribution is 2.25. The number of thioether (sulfide) groups is 2. The van der Waals surface area contributed by atoms with E-state index in [0.717, 1.165) is 59.1 Å². The maximum Gasteiger partial charge on any atom is 0.444 e. The monoisotopic (exact) mass is 1050 g/mol. The zero-order valence-corrected chi connectivity index (χ0v) is 43.8. The molecule has 0 aliphatic carbocycles. The molecule has 6 aromatic rings. The van der Waals surface area contributed by atoms with Crippen LogP contribution in [0.2, 0.25) is 0 Å². The van der Waals surface area contributed by atoms with E-state index in [1.807, 2.05) is 98.7 Å². The van der Waals surface area contributed by atoms with E-state index in [1.54, 1.807) is 72.1 Å². The summed E-state index contributed by atoms with van der Waals surface area (Å²) in [4.78, 5) is 68.9. The number of rotatable bonds is 28. The molecule has 0 saturated heterocycles. The van der Waals surface area contributed by atoms with Crippen LogP contribution in [0.5, 0.6) is 11.5 Å². The maximum absolute atomic E-state index is 13.7. The van der Waals surface area contributed by atoms with Gasteiger partial charge in [0.05, 0.1) is 37.8 Å². The maximum atomic E-state index is 13.7. The number of nitrogens with zero attached hydrogens (tertiary/aromatic N) is 8. The fourth-order valence-corrected chi connectivity index (χ4v) is 8.06. The van der Waals surface area contributed by atoms with Crippen molar-refractivity contribution in [3.05, 3.63) is 121 Å². The van der Waals surface area contributed by atoms with Crippen molar-refractivity contribution in [2.75, 3.05) is 89.7 Å². The zero-order valence-electron chi connectivity index (χ0n) is 42.2. The Morgan fingerprint density at radius 1 is 0.486 bits per heavy atom. The summed E-state index contributed by atoms with van der Waals surface area (Å²) in [5, 5.41) is 23.7. The van der Waals surface area contributed by atoms with Crippen molar-refractivity contribution in [1.82, 2.24) is 40.3 Å². The summed E-state index contributed by atoms with van der Waals surface area (Å²) in [6.07, 6.45) is 3.97. The second kappa shape index (κ2) is 30.8. The molecule has 2 aromatic heterocycles. The standard InChI is InChI=1S/C52H64N10O10S2/c1-59(2)29-13-7-15-31-61(51(65)53-41-25-21-39(22-26-41)47-57-55-45(69-47)37-73-35-33-67-43-17-9-5-10-18-43)71-49(63)50(64)72-62(32-16-8-14-30-60(3)4)52(66)54-42-27-23-40(24-28-42)48-58-56-46(70-48)38-74-36-34-68-44-19-11-6-12-20-44/h5-6,9-12,17-28H,7-8,13-16,29-38H2,1-4H3,(H,53,65)(H,54,66). The number of hydrogen-bond acceptors (Lipinski definition) is 18. The smallest absolute Gasteiger partial charge is 0.444 e. The van der Waals surface area contributed by atoms with Crippen molar-refractivity contribution in [3.63, 3.8) is 0 Å². The van der Waals surface area contributed by atoms with Gasteiger partial charge in [0.2, 0.25) is 23.6 Å². The number of hydrogen-bond donors (Lipinski definition) is 2. The minimum atomic E-state index is -1.49. The van der Waals surface area contributed by atoms with Crippen LogP contribution in [0, 0.1) is 0 Å². The molecular weight excluding hydrogens is 989 g/mol. The molecule has 4 amide bonds. The van der Waals surface area contributed by atoms with Gasteiger partial charge in [-0.05, 0) is 140 Å². The van der Waals surface area contributed by atoms with Gasteiger partial charge in [0.15, 0.2) is 0 Å². The number of benzene rings is 4. The second-order valence-electron chi connectivity index (χ2n) is 17.1. The zero-order chi connectivity index (χ0) is 52.3. The third-order valence-electron chi connectivity index (χ3n) is 10.6. The van der Waals surface area contributed by atoms with E-state index < -0.39 is 24.0 Å². The fraction of sp³-hybridized carbons (Fsp3) is 0.385. The molecule has 4 aromatic carbocycles. The van der Waals surface area contributed by atoms with Gasteiger partial charge >= 0.3 is 24.0 Å². The van der Waals surface area contributed by atoms with E-state index in [1.165, 1.54) is 0 Å². The summed E-state index contributed by atoms with van der Waals surface area (Å²) >= 11 is 3.21. The molecule has 0 bridgehead atoms. The Morgan fingerprint density at radius 2 is 0.865 bits per heavy atom. The second-order valence-corrected chi connectivity index (χ2v) is 19.3. The highest BCUT2D eigenvalue weighted by molar-refractivity contribution is 7.98. The molecule has 0 aliphatic rings. The minimum absolute atomic E-state index is 0.0297. The van der Waals surface area contributed by atoms with Gasteiger partial charge in [-0.1, -0.05) is 49.2 Å². The van der Waals surface area contributed by atoms with Gasteiger partial charge in [0.25, 0.3) is 0 Å². The lowest BCUT2D eigenvalue weighted by Gasteiger charge is -2.23. The van der Waals surface area contributed by atoms with Crippen LogP contribution in [0.4, 0.5) is 21.0 Å². The summed E-state index contributed by atoms with van der Waals surface area (Å²) in [6, 6.07) is 30.9.